The lowest BCUT2D eigenvalue weighted by Crippen LogP contribution is -2.37. The normalized spacial score (nSPS) is 17.8. The number of piperidine rings is 1. The first-order chi connectivity index (χ1) is 9.60. The molecule has 0 unspecified atom stereocenters. The number of rotatable bonds is 4. The first-order valence-corrected chi connectivity index (χ1v) is 6.79. The molecular weight excluding hydrogens is 256 g/mol. The van der Waals surface area contributed by atoms with E-state index in [0.717, 1.165) is 31.4 Å². The topological polar surface area (TPSA) is 90.9 Å². The lowest BCUT2D eigenvalue weighted by molar-refractivity contribution is 0.284. The average Bonchev–Trinajstić information content (AvgIpc) is 2.47. The summed E-state index contributed by atoms with van der Waals surface area (Å²) in [5, 5.41) is 11.5. The van der Waals surface area contributed by atoms with Crippen molar-refractivity contribution in [2.45, 2.75) is 12.8 Å². The van der Waals surface area contributed by atoms with Crippen molar-refractivity contribution in [3.8, 4) is 0 Å². The Bertz CT molecular complexity index is 450. The fourth-order valence-corrected chi connectivity index (χ4v) is 2.53. The van der Waals surface area contributed by atoms with Crippen LogP contribution in [-0.2, 0) is 0 Å². The quantitative estimate of drug-likeness (QED) is 0.357. The third-order valence-corrected chi connectivity index (χ3v) is 3.57. The molecular formula is C13H22N6O. The van der Waals surface area contributed by atoms with Gasteiger partial charge in [0.15, 0.2) is 5.84 Å². The lowest BCUT2D eigenvalue weighted by Gasteiger charge is -2.33. The first-order valence-electron chi connectivity index (χ1n) is 6.79. The van der Waals surface area contributed by atoms with Crippen LogP contribution in [0.1, 0.15) is 18.5 Å². The van der Waals surface area contributed by atoms with E-state index >= 15 is 0 Å². The van der Waals surface area contributed by atoms with E-state index < -0.39 is 0 Å². The molecule has 1 aliphatic heterocycles. The second kappa shape index (κ2) is 6.51. The summed E-state index contributed by atoms with van der Waals surface area (Å²) in [6.07, 6.45) is 5.56. The molecule has 7 heteroatoms. The largest absolute Gasteiger partial charge is 0.409 e. The van der Waals surface area contributed by atoms with Gasteiger partial charge in [-0.3, -0.25) is 0 Å². The summed E-state index contributed by atoms with van der Waals surface area (Å²) >= 11 is 0. The fourth-order valence-electron chi connectivity index (χ4n) is 2.53. The number of nitrogens with two attached hydrogens (primary N) is 1. The van der Waals surface area contributed by atoms with Gasteiger partial charge in [0.25, 0.3) is 0 Å². The number of oxime groups is 1. The second-order valence-corrected chi connectivity index (χ2v) is 5.44. The summed E-state index contributed by atoms with van der Waals surface area (Å²) in [7, 11) is 4.23. The molecule has 110 valence electrons. The van der Waals surface area contributed by atoms with Crippen molar-refractivity contribution in [3.05, 3.63) is 18.1 Å². The second-order valence-electron chi connectivity index (χ2n) is 5.44. The van der Waals surface area contributed by atoms with E-state index in [9.17, 15) is 0 Å². The van der Waals surface area contributed by atoms with Crippen LogP contribution in [0, 0.1) is 5.92 Å². The molecule has 1 saturated heterocycles. The van der Waals surface area contributed by atoms with Crippen molar-refractivity contribution in [3.63, 3.8) is 0 Å². The van der Waals surface area contributed by atoms with Gasteiger partial charge in [0, 0.05) is 19.6 Å². The molecule has 1 aliphatic rings. The van der Waals surface area contributed by atoms with Gasteiger partial charge in [-0.2, -0.15) is 0 Å². The van der Waals surface area contributed by atoms with Crippen LogP contribution in [0.2, 0.25) is 0 Å². The Balaban J connectivity index is 1.94. The maximum absolute atomic E-state index is 8.59. The highest BCUT2D eigenvalue weighted by Gasteiger charge is 2.20. The van der Waals surface area contributed by atoms with Crippen molar-refractivity contribution in [1.82, 2.24) is 14.9 Å². The molecule has 0 bridgehead atoms. The van der Waals surface area contributed by atoms with Crippen molar-refractivity contribution >= 4 is 11.7 Å². The van der Waals surface area contributed by atoms with Crippen molar-refractivity contribution in [1.29, 1.82) is 0 Å². The zero-order valence-electron chi connectivity index (χ0n) is 12.0. The molecule has 0 spiro atoms. The van der Waals surface area contributed by atoms with Gasteiger partial charge in [-0.05, 0) is 32.9 Å². The molecule has 2 rings (SSSR count). The van der Waals surface area contributed by atoms with E-state index in [4.69, 9.17) is 10.9 Å². The van der Waals surface area contributed by atoms with Crippen LogP contribution in [0.4, 0.5) is 5.82 Å². The standard InChI is InChI=1S/C13H22N6O/c1-18(2)9-10-3-5-19(6-4-10)12-8-15-11(7-16-12)13(14)17-20/h7-8,10,20H,3-6,9H2,1-2H3,(H2,14,17). The summed E-state index contributed by atoms with van der Waals surface area (Å²) in [6, 6.07) is 0. The summed E-state index contributed by atoms with van der Waals surface area (Å²) in [5.74, 6) is 1.59. The Morgan fingerprint density at radius 2 is 2.10 bits per heavy atom. The highest BCUT2D eigenvalue weighted by atomic mass is 16.4. The number of aromatic nitrogens is 2. The molecule has 20 heavy (non-hydrogen) atoms. The molecule has 1 aromatic heterocycles. The SMILES string of the molecule is CN(C)CC1CCN(c2cnc(C(N)=NO)cn2)CC1. The van der Waals surface area contributed by atoms with Gasteiger partial charge in [-0.25, -0.2) is 9.97 Å². The fraction of sp³-hybridized carbons (Fsp3) is 0.615. The van der Waals surface area contributed by atoms with Gasteiger partial charge in [0.1, 0.15) is 11.5 Å². The minimum absolute atomic E-state index is 0.0197. The monoisotopic (exact) mass is 278 g/mol. The van der Waals surface area contributed by atoms with Crippen LogP contribution in [0.15, 0.2) is 17.5 Å². The summed E-state index contributed by atoms with van der Waals surface area (Å²) in [6.45, 7) is 3.13. The lowest BCUT2D eigenvalue weighted by atomic mass is 9.96. The molecule has 0 aliphatic carbocycles. The maximum Gasteiger partial charge on any atom is 0.190 e. The average molecular weight is 278 g/mol. The van der Waals surface area contributed by atoms with Crippen LogP contribution in [0.3, 0.4) is 0 Å². The Labute approximate surface area is 119 Å². The van der Waals surface area contributed by atoms with E-state index in [1.165, 1.54) is 19.0 Å². The molecule has 0 saturated carbocycles. The molecule has 0 radical (unpaired) electrons. The number of anilines is 1. The Kier molecular flexibility index (Phi) is 4.73. The number of hydrogen-bond acceptors (Lipinski definition) is 6. The van der Waals surface area contributed by atoms with Crippen molar-refractivity contribution in [2.75, 3.05) is 38.6 Å². The third-order valence-electron chi connectivity index (χ3n) is 3.57. The molecule has 0 aromatic carbocycles. The van der Waals surface area contributed by atoms with Crippen LogP contribution in [-0.4, -0.2) is 59.6 Å². The van der Waals surface area contributed by atoms with Crippen LogP contribution in [0.5, 0.6) is 0 Å². The van der Waals surface area contributed by atoms with Gasteiger partial charge in [0.2, 0.25) is 0 Å². The Morgan fingerprint density at radius 1 is 1.40 bits per heavy atom. The van der Waals surface area contributed by atoms with E-state index in [2.05, 4.69) is 39.0 Å². The predicted octanol–water partition coefficient (Wildman–Crippen LogP) is 0.349. The highest BCUT2D eigenvalue weighted by Crippen LogP contribution is 2.21. The molecule has 0 atom stereocenters. The maximum atomic E-state index is 8.59. The summed E-state index contributed by atoms with van der Waals surface area (Å²) in [5.41, 5.74) is 5.85. The van der Waals surface area contributed by atoms with Gasteiger partial charge >= 0.3 is 0 Å². The Morgan fingerprint density at radius 3 is 2.60 bits per heavy atom. The first kappa shape index (κ1) is 14.5. The number of amidine groups is 1. The van der Waals surface area contributed by atoms with Gasteiger partial charge in [-0.1, -0.05) is 5.16 Å². The zero-order chi connectivity index (χ0) is 14.5. The molecule has 3 N–H and O–H groups in total. The minimum Gasteiger partial charge on any atom is -0.409 e. The number of nitrogens with zero attached hydrogens (tertiary/aromatic N) is 5. The van der Waals surface area contributed by atoms with Crippen LogP contribution in [0.25, 0.3) is 0 Å². The van der Waals surface area contributed by atoms with Gasteiger partial charge in [-0.15, -0.1) is 0 Å². The number of hydrogen-bond donors (Lipinski definition) is 2. The van der Waals surface area contributed by atoms with Gasteiger partial charge in [0.05, 0.1) is 12.4 Å². The summed E-state index contributed by atoms with van der Waals surface area (Å²) in [4.78, 5) is 13.0. The molecule has 7 nitrogen and oxygen atoms in total. The summed E-state index contributed by atoms with van der Waals surface area (Å²) < 4.78 is 0. The molecule has 1 fully saturated rings. The predicted molar refractivity (Wildman–Crippen MR) is 78.0 cm³/mol. The minimum atomic E-state index is -0.0197. The highest BCUT2D eigenvalue weighted by molar-refractivity contribution is 5.94. The van der Waals surface area contributed by atoms with Crippen molar-refractivity contribution < 1.29 is 5.21 Å². The smallest absolute Gasteiger partial charge is 0.190 e. The Hall–Kier alpha value is -1.89. The van der Waals surface area contributed by atoms with Crippen LogP contribution < -0.4 is 10.6 Å². The molecule has 1 aromatic rings. The molecule has 2 heterocycles. The van der Waals surface area contributed by atoms with E-state index in [1.807, 2.05) is 0 Å². The van der Waals surface area contributed by atoms with Gasteiger partial charge < -0.3 is 20.7 Å². The van der Waals surface area contributed by atoms with E-state index in [1.54, 1.807) is 6.20 Å². The van der Waals surface area contributed by atoms with E-state index in [0.29, 0.717) is 5.69 Å². The third kappa shape index (κ3) is 3.57. The molecule has 0 amide bonds. The van der Waals surface area contributed by atoms with E-state index in [-0.39, 0.29) is 5.84 Å². The van der Waals surface area contributed by atoms with Crippen molar-refractivity contribution in [2.24, 2.45) is 16.8 Å². The van der Waals surface area contributed by atoms with Crippen LogP contribution >= 0.6 is 0 Å². The zero-order valence-corrected chi connectivity index (χ0v) is 12.0.